The van der Waals surface area contributed by atoms with E-state index in [1.165, 1.54) is 0 Å². The van der Waals surface area contributed by atoms with Crippen molar-refractivity contribution in [2.24, 2.45) is 11.7 Å². The summed E-state index contributed by atoms with van der Waals surface area (Å²) in [4.78, 5) is 19.0. The van der Waals surface area contributed by atoms with E-state index in [1.54, 1.807) is 6.20 Å². The Kier molecular flexibility index (Phi) is 7.33. The maximum atomic E-state index is 15.3. The molecule has 1 amide bonds. The molecule has 1 saturated heterocycles. The molecule has 3 aliphatic rings. The minimum absolute atomic E-state index is 0.237. The minimum atomic E-state index is -1.92. The van der Waals surface area contributed by atoms with Crippen LogP contribution in [0.2, 0.25) is 0 Å². The van der Waals surface area contributed by atoms with Crippen LogP contribution in [0.15, 0.2) is 66.9 Å². The zero-order valence-electron chi connectivity index (χ0n) is 22.4. The summed E-state index contributed by atoms with van der Waals surface area (Å²) in [5, 5.41) is 2.75. The first-order chi connectivity index (χ1) is 19.3. The quantitative estimate of drug-likeness (QED) is 0.315. The van der Waals surface area contributed by atoms with Gasteiger partial charge in [0.05, 0.1) is 17.6 Å². The van der Waals surface area contributed by atoms with E-state index in [0.717, 1.165) is 47.2 Å². The van der Waals surface area contributed by atoms with Crippen molar-refractivity contribution < 1.29 is 17.9 Å². The van der Waals surface area contributed by atoms with Crippen LogP contribution in [0.1, 0.15) is 50.5 Å². The van der Waals surface area contributed by atoms with E-state index in [-0.39, 0.29) is 5.54 Å². The van der Waals surface area contributed by atoms with E-state index in [4.69, 9.17) is 10.7 Å². The summed E-state index contributed by atoms with van der Waals surface area (Å²) in [7, 11) is 0. The molecule has 9 heteroatoms. The second-order valence-corrected chi connectivity index (χ2v) is 12.7. The van der Waals surface area contributed by atoms with Crippen molar-refractivity contribution in [1.29, 1.82) is 0 Å². The van der Waals surface area contributed by atoms with Gasteiger partial charge in [-0.05, 0) is 62.1 Å². The summed E-state index contributed by atoms with van der Waals surface area (Å²) < 4.78 is 36.7. The molecule has 2 aromatic carbocycles. The third-order valence-corrected chi connectivity index (χ3v) is 10.3. The average Bonchev–Trinajstić information content (AvgIpc) is 3.79. The Morgan fingerprint density at radius 2 is 1.73 bits per heavy atom. The van der Waals surface area contributed by atoms with Gasteiger partial charge in [0, 0.05) is 35.7 Å². The van der Waals surface area contributed by atoms with Crippen molar-refractivity contribution in [2.75, 3.05) is 18.4 Å². The highest BCUT2D eigenvalue weighted by Crippen LogP contribution is 2.46. The van der Waals surface area contributed by atoms with Crippen LogP contribution in [-0.2, 0) is 21.4 Å². The van der Waals surface area contributed by atoms with E-state index < -0.39 is 33.9 Å². The predicted molar refractivity (Wildman–Crippen MR) is 155 cm³/mol. The summed E-state index contributed by atoms with van der Waals surface area (Å²) >= 11 is -1.92. The third kappa shape index (κ3) is 5.11. The summed E-state index contributed by atoms with van der Waals surface area (Å²) in [6.07, 6.45) is 5.36. The molecule has 0 spiro atoms. The zero-order chi connectivity index (χ0) is 27.9. The topological polar surface area (TPSA) is 109 Å². The lowest BCUT2D eigenvalue weighted by atomic mass is 9.72. The molecule has 210 valence electrons. The highest BCUT2D eigenvalue weighted by molar-refractivity contribution is 7.81. The van der Waals surface area contributed by atoms with Crippen LogP contribution in [0.4, 0.5) is 10.1 Å². The van der Waals surface area contributed by atoms with Crippen molar-refractivity contribution in [3.8, 4) is 22.4 Å². The molecule has 0 bridgehead atoms. The van der Waals surface area contributed by atoms with Gasteiger partial charge in [0.2, 0.25) is 0 Å². The summed E-state index contributed by atoms with van der Waals surface area (Å²) in [5.74, 6) is -1.11. The predicted octanol–water partition coefficient (Wildman–Crippen LogP) is 5.45. The molecule has 2 aliphatic carbocycles. The molecule has 7 nitrogen and oxygen atoms in total. The number of amides is 1. The molecular formula is C31H35FN4O3S. The maximum absolute atomic E-state index is 15.3. The number of anilines is 1. The molecule has 1 aliphatic heterocycles. The fourth-order valence-electron chi connectivity index (χ4n) is 6.14. The molecule has 2 unspecified atom stereocenters. The number of alkyl halides is 1. The minimum Gasteiger partial charge on any atom is -0.322 e. The summed E-state index contributed by atoms with van der Waals surface area (Å²) in [6.45, 7) is 1.03. The number of rotatable bonds is 8. The molecule has 3 fully saturated rings. The van der Waals surface area contributed by atoms with Crippen LogP contribution in [0.3, 0.4) is 0 Å². The van der Waals surface area contributed by atoms with Crippen molar-refractivity contribution in [2.45, 2.75) is 61.5 Å². The number of halogens is 1. The lowest BCUT2D eigenvalue weighted by molar-refractivity contribution is -0.123. The van der Waals surface area contributed by atoms with Gasteiger partial charge in [-0.3, -0.25) is 14.7 Å². The number of nitrogens with one attached hydrogen (secondary N) is 1. The fraction of sp³-hybridized carbons (Fsp3) is 0.419. The number of aromatic nitrogens is 1. The second kappa shape index (κ2) is 10.8. The molecular weight excluding hydrogens is 527 g/mol. The van der Waals surface area contributed by atoms with Gasteiger partial charge in [-0.1, -0.05) is 54.6 Å². The largest absolute Gasteiger partial charge is 0.322 e. The van der Waals surface area contributed by atoms with Crippen LogP contribution in [0, 0.1) is 5.92 Å². The first-order valence-corrected chi connectivity index (χ1v) is 15.2. The molecule has 40 heavy (non-hydrogen) atoms. The number of likely N-dealkylation sites (tertiary alicyclic amines) is 1. The molecule has 0 radical (unpaired) electrons. The number of carbonyl (C=O) groups is 1. The molecule has 2 atom stereocenters. The Labute approximate surface area is 236 Å². The monoisotopic (exact) mass is 562 g/mol. The third-order valence-electron chi connectivity index (χ3n) is 9.00. The number of benzene rings is 2. The molecule has 1 aromatic heterocycles. The van der Waals surface area contributed by atoms with Gasteiger partial charge < -0.3 is 15.6 Å². The van der Waals surface area contributed by atoms with Gasteiger partial charge in [0.1, 0.15) is 4.87 Å². The Morgan fingerprint density at radius 3 is 2.30 bits per heavy atom. The number of pyridine rings is 1. The normalized spacial score (nSPS) is 21.7. The Balaban J connectivity index is 1.18. The van der Waals surface area contributed by atoms with E-state index in [1.807, 2.05) is 53.4 Å². The SMILES string of the molecule is NC1(c2ccc(-c3ncc(NC(=O)C(F)C4CCN(C5(S(=O)O)CC5)CC4)cc3-c3ccccc3)cc2)CCC1. The van der Waals surface area contributed by atoms with E-state index in [0.29, 0.717) is 44.5 Å². The van der Waals surface area contributed by atoms with Crippen molar-refractivity contribution >= 4 is 22.7 Å². The van der Waals surface area contributed by atoms with E-state index >= 15 is 4.39 Å². The lowest BCUT2D eigenvalue weighted by Gasteiger charge is -2.38. The van der Waals surface area contributed by atoms with Crippen LogP contribution >= 0.6 is 0 Å². The van der Waals surface area contributed by atoms with Gasteiger partial charge in [0.15, 0.2) is 17.3 Å². The highest BCUT2D eigenvalue weighted by atomic mass is 32.2. The number of carbonyl (C=O) groups excluding carboxylic acids is 1. The smallest absolute Gasteiger partial charge is 0.259 e. The Bertz CT molecular complexity index is 1400. The van der Waals surface area contributed by atoms with Crippen LogP contribution in [0.25, 0.3) is 22.4 Å². The Morgan fingerprint density at radius 1 is 1.05 bits per heavy atom. The first kappa shape index (κ1) is 27.2. The van der Waals surface area contributed by atoms with Gasteiger partial charge in [-0.2, -0.15) is 0 Å². The number of hydrogen-bond donors (Lipinski definition) is 3. The van der Waals surface area contributed by atoms with Gasteiger partial charge in [0.25, 0.3) is 5.91 Å². The summed E-state index contributed by atoms with van der Waals surface area (Å²) in [5.41, 5.74) is 11.3. The fourth-order valence-corrected chi connectivity index (χ4v) is 7.00. The van der Waals surface area contributed by atoms with Crippen molar-refractivity contribution in [3.63, 3.8) is 0 Å². The standard InChI is InChI=1S/C31H35FN4O3S/c32-27(22-11-17-36(18-12-22)31(15-16-31)40(38)39)29(37)35-25-19-26(21-5-2-1-3-6-21)28(34-20-25)23-7-9-24(10-8-23)30(33)13-4-14-30/h1-3,5-10,19-20,22,27H,4,11-18,33H2,(H,35,37)(H,38,39). The first-order valence-electron chi connectivity index (χ1n) is 14.1. The van der Waals surface area contributed by atoms with Gasteiger partial charge in [-0.25, -0.2) is 8.60 Å². The molecule has 6 rings (SSSR count). The lowest BCUT2D eigenvalue weighted by Crippen LogP contribution is -2.47. The average molecular weight is 563 g/mol. The second-order valence-electron chi connectivity index (χ2n) is 11.5. The number of nitrogens with zero attached hydrogens (tertiary/aromatic N) is 2. The van der Waals surface area contributed by atoms with Gasteiger partial charge >= 0.3 is 0 Å². The number of piperidine rings is 1. The summed E-state index contributed by atoms with van der Waals surface area (Å²) in [6, 6.07) is 19.9. The van der Waals surface area contributed by atoms with Crippen LogP contribution in [-0.4, -0.2) is 48.7 Å². The van der Waals surface area contributed by atoms with E-state index in [9.17, 15) is 13.6 Å². The van der Waals surface area contributed by atoms with Crippen LogP contribution < -0.4 is 11.1 Å². The van der Waals surface area contributed by atoms with Crippen molar-refractivity contribution in [3.05, 3.63) is 72.4 Å². The number of nitrogens with two attached hydrogens (primary N) is 1. The number of hydrogen-bond acceptors (Lipinski definition) is 5. The molecule has 2 heterocycles. The molecule has 4 N–H and O–H groups in total. The van der Waals surface area contributed by atoms with Crippen molar-refractivity contribution in [1.82, 2.24) is 9.88 Å². The van der Waals surface area contributed by atoms with Gasteiger partial charge in [-0.15, -0.1) is 0 Å². The highest BCUT2D eigenvalue weighted by Gasteiger charge is 2.54. The maximum Gasteiger partial charge on any atom is 0.259 e. The van der Waals surface area contributed by atoms with E-state index in [2.05, 4.69) is 17.4 Å². The molecule has 2 saturated carbocycles. The Hall–Kier alpha value is -2.98. The molecule has 3 aromatic rings. The zero-order valence-corrected chi connectivity index (χ0v) is 23.2. The van der Waals surface area contributed by atoms with Crippen LogP contribution in [0.5, 0.6) is 0 Å².